The Labute approximate surface area is 130 Å². The van der Waals surface area contributed by atoms with E-state index in [1.165, 1.54) is 0 Å². The Hall–Kier alpha value is -2.33. The van der Waals surface area contributed by atoms with Crippen LogP contribution in [-0.4, -0.2) is 21.6 Å². The third-order valence-corrected chi connectivity index (χ3v) is 3.78. The third kappa shape index (κ3) is 2.70. The van der Waals surface area contributed by atoms with Crippen molar-refractivity contribution in [2.24, 2.45) is 0 Å². The van der Waals surface area contributed by atoms with E-state index in [1.807, 2.05) is 53.9 Å². The number of rotatable bonds is 4. The van der Waals surface area contributed by atoms with E-state index in [0.29, 0.717) is 6.42 Å². The minimum absolute atomic E-state index is 0.572. The molecule has 0 radical (unpaired) electrons. The third-order valence-electron chi connectivity index (χ3n) is 3.78. The summed E-state index contributed by atoms with van der Waals surface area (Å²) in [6, 6.07) is 12.0. The molecular weight excluding hydrogens is 276 g/mol. The predicted octanol–water partition coefficient (Wildman–Crippen LogP) is 3.30. The number of benzene rings is 1. The fourth-order valence-corrected chi connectivity index (χ4v) is 2.77. The first-order valence-corrected chi connectivity index (χ1v) is 7.37. The van der Waals surface area contributed by atoms with Crippen LogP contribution in [0.2, 0.25) is 0 Å². The highest BCUT2D eigenvalue weighted by Crippen LogP contribution is 2.24. The molecular formula is C18H20N2O2. The summed E-state index contributed by atoms with van der Waals surface area (Å²) < 4.78 is 7.25. The highest BCUT2D eigenvalue weighted by molar-refractivity contribution is 5.46. The van der Waals surface area contributed by atoms with Crippen LogP contribution in [0.25, 0.3) is 5.65 Å². The number of pyridine rings is 1. The van der Waals surface area contributed by atoms with Crippen LogP contribution in [0.1, 0.15) is 35.5 Å². The number of hydrogen-bond donors (Lipinski definition) is 1. The molecule has 3 aromatic rings. The topological polar surface area (TPSA) is 46.8 Å². The maximum atomic E-state index is 10.2. The fourth-order valence-electron chi connectivity index (χ4n) is 2.77. The summed E-state index contributed by atoms with van der Waals surface area (Å²) in [6.45, 7) is 3.81. The molecule has 1 aromatic carbocycles. The second-order valence-corrected chi connectivity index (χ2v) is 5.58. The van der Waals surface area contributed by atoms with Gasteiger partial charge in [-0.25, -0.2) is 4.98 Å². The Morgan fingerprint density at radius 2 is 2.09 bits per heavy atom. The Morgan fingerprint density at radius 1 is 1.27 bits per heavy atom. The zero-order valence-corrected chi connectivity index (χ0v) is 13.1. The van der Waals surface area contributed by atoms with Crippen LogP contribution in [-0.2, 0) is 6.42 Å². The van der Waals surface area contributed by atoms with Crippen LogP contribution >= 0.6 is 0 Å². The van der Waals surface area contributed by atoms with Crippen LogP contribution in [0.5, 0.6) is 5.75 Å². The van der Waals surface area contributed by atoms with Crippen LogP contribution < -0.4 is 4.74 Å². The molecule has 4 nitrogen and oxygen atoms in total. The number of aryl methyl sites for hydroxylation is 1. The van der Waals surface area contributed by atoms with Gasteiger partial charge in [-0.1, -0.05) is 18.2 Å². The minimum Gasteiger partial charge on any atom is -0.497 e. The number of ether oxygens (including phenoxy) is 1. The van der Waals surface area contributed by atoms with Crippen LogP contribution in [0.3, 0.4) is 0 Å². The Morgan fingerprint density at radius 3 is 2.82 bits per heavy atom. The molecule has 1 unspecified atom stereocenters. The summed E-state index contributed by atoms with van der Waals surface area (Å²) >= 11 is 0. The Balaban J connectivity index is 2.07. The molecule has 2 aromatic heterocycles. The summed E-state index contributed by atoms with van der Waals surface area (Å²) in [5.41, 5.74) is 4.86. The SMILES string of the molecule is COc1cccc(Cc2nc3ccc(C)cn3c2C(C)O)c1. The van der Waals surface area contributed by atoms with Gasteiger partial charge in [-0.05, 0) is 43.2 Å². The largest absolute Gasteiger partial charge is 0.497 e. The number of fused-ring (bicyclic) bond motifs is 1. The van der Waals surface area contributed by atoms with Crippen molar-refractivity contribution in [2.75, 3.05) is 7.11 Å². The van der Waals surface area contributed by atoms with Gasteiger partial charge in [0.25, 0.3) is 0 Å². The smallest absolute Gasteiger partial charge is 0.137 e. The second kappa shape index (κ2) is 5.81. The molecule has 4 heteroatoms. The summed E-state index contributed by atoms with van der Waals surface area (Å²) in [4.78, 5) is 4.69. The molecule has 114 valence electrons. The minimum atomic E-state index is -0.572. The lowest BCUT2D eigenvalue weighted by Crippen LogP contribution is -2.02. The zero-order chi connectivity index (χ0) is 15.7. The quantitative estimate of drug-likeness (QED) is 0.803. The lowest BCUT2D eigenvalue weighted by molar-refractivity contribution is 0.192. The first kappa shape index (κ1) is 14.6. The van der Waals surface area contributed by atoms with Gasteiger partial charge in [0.15, 0.2) is 0 Å². The van der Waals surface area contributed by atoms with Crippen LogP contribution in [0.15, 0.2) is 42.6 Å². The lowest BCUT2D eigenvalue weighted by atomic mass is 10.1. The van der Waals surface area contributed by atoms with Gasteiger partial charge >= 0.3 is 0 Å². The van der Waals surface area contributed by atoms with E-state index < -0.39 is 6.10 Å². The second-order valence-electron chi connectivity index (χ2n) is 5.58. The average molecular weight is 296 g/mol. The number of aromatic nitrogens is 2. The average Bonchev–Trinajstić information content (AvgIpc) is 2.84. The molecule has 0 amide bonds. The number of aliphatic hydroxyl groups excluding tert-OH is 1. The first-order chi connectivity index (χ1) is 10.6. The standard InChI is InChI=1S/C18H20N2O2/c1-12-7-8-17-19-16(18(13(2)21)20(17)11-12)10-14-5-4-6-15(9-14)22-3/h4-9,11,13,21H,10H2,1-3H3. The molecule has 0 fully saturated rings. The van der Waals surface area contributed by atoms with Gasteiger partial charge in [0.1, 0.15) is 11.4 Å². The van der Waals surface area contributed by atoms with E-state index in [1.54, 1.807) is 14.0 Å². The number of hydrogen-bond acceptors (Lipinski definition) is 3. The fraction of sp³-hybridized carbons (Fsp3) is 0.278. The maximum Gasteiger partial charge on any atom is 0.137 e. The molecule has 3 rings (SSSR count). The van der Waals surface area contributed by atoms with Crippen molar-refractivity contribution in [3.63, 3.8) is 0 Å². The van der Waals surface area contributed by atoms with Crippen molar-refractivity contribution in [1.82, 2.24) is 9.38 Å². The van der Waals surface area contributed by atoms with Gasteiger partial charge in [0, 0.05) is 12.6 Å². The van der Waals surface area contributed by atoms with Crippen molar-refractivity contribution >= 4 is 5.65 Å². The summed E-state index contributed by atoms with van der Waals surface area (Å²) in [6.07, 6.45) is 2.11. The van der Waals surface area contributed by atoms with E-state index >= 15 is 0 Å². The molecule has 0 spiro atoms. The molecule has 22 heavy (non-hydrogen) atoms. The predicted molar refractivity (Wildman–Crippen MR) is 86.4 cm³/mol. The van der Waals surface area contributed by atoms with Crippen molar-refractivity contribution < 1.29 is 9.84 Å². The zero-order valence-electron chi connectivity index (χ0n) is 13.1. The highest BCUT2D eigenvalue weighted by atomic mass is 16.5. The van der Waals surface area contributed by atoms with Gasteiger partial charge in [-0.2, -0.15) is 0 Å². The van der Waals surface area contributed by atoms with Gasteiger partial charge in [-0.3, -0.25) is 0 Å². The monoisotopic (exact) mass is 296 g/mol. The van der Waals surface area contributed by atoms with Crippen molar-refractivity contribution in [3.05, 3.63) is 65.1 Å². The van der Waals surface area contributed by atoms with E-state index in [0.717, 1.165) is 33.9 Å². The number of nitrogens with zero attached hydrogens (tertiary/aromatic N) is 2. The summed E-state index contributed by atoms with van der Waals surface area (Å²) in [5, 5.41) is 10.2. The molecule has 0 aliphatic rings. The van der Waals surface area contributed by atoms with Gasteiger partial charge < -0.3 is 14.2 Å². The van der Waals surface area contributed by atoms with Gasteiger partial charge in [-0.15, -0.1) is 0 Å². The highest BCUT2D eigenvalue weighted by Gasteiger charge is 2.17. The van der Waals surface area contributed by atoms with Crippen LogP contribution in [0.4, 0.5) is 0 Å². The number of aliphatic hydroxyl groups is 1. The van der Waals surface area contributed by atoms with Crippen molar-refractivity contribution in [1.29, 1.82) is 0 Å². The maximum absolute atomic E-state index is 10.2. The van der Waals surface area contributed by atoms with Gasteiger partial charge in [0.05, 0.1) is 24.6 Å². The molecule has 0 saturated carbocycles. The first-order valence-electron chi connectivity index (χ1n) is 7.37. The van der Waals surface area contributed by atoms with E-state index in [-0.39, 0.29) is 0 Å². The summed E-state index contributed by atoms with van der Waals surface area (Å²) in [7, 11) is 1.66. The molecule has 1 atom stereocenters. The molecule has 0 aliphatic carbocycles. The molecule has 0 bridgehead atoms. The van der Waals surface area contributed by atoms with Crippen LogP contribution in [0, 0.1) is 6.92 Å². The molecule has 2 heterocycles. The Bertz CT molecular complexity index is 806. The summed E-state index contributed by atoms with van der Waals surface area (Å²) in [5.74, 6) is 0.829. The van der Waals surface area contributed by atoms with E-state index in [9.17, 15) is 5.11 Å². The van der Waals surface area contributed by atoms with E-state index in [2.05, 4.69) is 4.98 Å². The lowest BCUT2D eigenvalue weighted by Gasteiger charge is -2.09. The normalized spacial score (nSPS) is 12.5. The van der Waals surface area contributed by atoms with Crippen molar-refractivity contribution in [3.8, 4) is 5.75 Å². The molecule has 0 saturated heterocycles. The van der Waals surface area contributed by atoms with Crippen molar-refractivity contribution in [2.45, 2.75) is 26.4 Å². The molecule has 1 N–H and O–H groups in total. The number of methoxy groups -OCH3 is 1. The Kier molecular flexibility index (Phi) is 3.86. The van der Waals surface area contributed by atoms with E-state index in [4.69, 9.17) is 4.74 Å². The number of imidazole rings is 1. The molecule has 0 aliphatic heterocycles. The van der Waals surface area contributed by atoms with Gasteiger partial charge in [0.2, 0.25) is 0 Å².